The van der Waals surface area contributed by atoms with Crippen LogP contribution in [0, 0.1) is 16.7 Å². The fraction of sp³-hybridized carbons (Fsp3) is 0.933. The molecule has 0 spiro atoms. The normalized spacial score (nSPS) is 26.4. The van der Waals surface area contributed by atoms with Crippen LogP contribution in [0.4, 0.5) is 0 Å². The highest BCUT2D eigenvalue weighted by Crippen LogP contribution is 2.53. The molecule has 0 radical (unpaired) electrons. The summed E-state index contributed by atoms with van der Waals surface area (Å²) in [5.74, 6) is -0.699. The van der Waals surface area contributed by atoms with E-state index in [4.69, 9.17) is 4.74 Å². The maximum atomic E-state index is 11.9. The minimum absolute atomic E-state index is 0.0535. The van der Waals surface area contributed by atoms with Crippen molar-refractivity contribution in [2.75, 3.05) is 7.11 Å². The van der Waals surface area contributed by atoms with Gasteiger partial charge in [-0.2, -0.15) is 0 Å². The monoisotopic (exact) mass is 256 g/mol. The van der Waals surface area contributed by atoms with Crippen LogP contribution < -0.4 is 0 Å². The van der Waals surface area contributed by atoms with E-state index >= 15 is 0 Å². The first-order valence-corrected chi connectivity index (χ1v) is 6.85. The Morgan fingerprint density at radius 3 is 1.94 bits per heavy atom. The van der Waals surface area contributed by atoms with E-state index in [2.05, 4.69) is 27.7 Å². The van der Waals surface area contributed by atoms with Gasteiger partial charge >= 0.3 is 5.97 Å². The van der Waals surface area contributed by atoms with E-state index in [1.165, 1.54) is 7.11 Å². The van der Waals surface area contributed by atoms with Crippen molar-refractivity contribution in [1.82, 2.24) is 0 Å². The molecule has 0 saturated heterocycles. The molecule has 1 aliphatic rings. The number of ether oxygens (including phenoxy) is 1. The van der Waals surface area contributed by atoms with Gasteiger partial charge in [0.1, 0.15) is 0 Å². The van der Waals surface area contributed by atoms with Crippen LogP contribution in [0.3, 0.4) is 0 Å². The molecule has 1 rings (SSSR count). The molecule has 1 fully saturated rings. The number of aliphatic hydroxyl groups is 1. The van der Waals surface area contributed by atoms with Crippen molar-refractivity contribution in [2.45, 2.75) is 65.9 Å². The van der Waals surface area contributed by atoms with Crippen LogP contribution in [-0.2, 0) is 9.53 Å². The first kappa shape index (κ1) is 15.5. The summed E-state index contributed by atoms with van der Waals surface area (Å²) in [5.41, 5.74) is -0.830. The maximum Gasteiger partial charge on any atom is 0.311 e. The minimum Gasteiger partial charge on any atom is -0.469 e. The summed E-state index contributed by atoms with van der Waals surface area (Å²) in [4.78, 5) is 11.9. The first-order chi connectivity index (χ1) is 8.05. The summed E-state index contributed by atoms with van der Waals surface area (Å²) in [6, 6.07) is 0. The van der Waals surface area contributed by atoms with Crippen molar-refractivity contribution in [3.63, 3.8) is 0 Å². The van der Waals surface area contributed by atoms with Gasteiger partial charge in [-0.15, -0.1) is 0 Å². The predicted molar refractivity (Wildman–Crippen MR) is 72.2 cm³/mol. The molecule has 1 N–H and O–H groups in total. The Labute approximate surface area is 111 Å². The molecule has 18 heavy (non-hydrogen) atoms. The Morgan fingerprint density at radius 1 is 1.17 bits per heavy atom. The molecule has 0 aromatic carbocycles. The van der Waals surface area contributed by atoms with Crippen molar-refractivity contribution in [2.24, 2.45) is 16.7 Å². The van der Waals surface area contributed by atoms with Gasteiger partial charge in [0.2, 0.25) is 0 Å². The van der Waals surface area contributed by atoms with Gasteiger partial charge < -0.3 is 9.84 Å². The third kappa shape index (κ3) is 3.25. The molecule has 0 aliphatic heterocycles. The van der Waals surface area contributed by atoms with E-state index in [1.54, 1.807) is 0 Å². The summed E-state index contributed by atoms with van der Waals surface area (Å²) in [5, 5.41) is 11.0. The lowest BCUT2D eigenvalue weighted by molar-refractivity contribution is -0.169. The van der Waals surface area contributed by atoms with Gasteiger partial charge in [0.25, 0.3) is 0 Å². The molecule has 0 bridgehead atoms. The van der Waals surface area contributed by atoms with Crippen LogP contribution in [0.15, 0.2) is 0 Å². The number of esters is 1. The number of hydrogen-bond donors (Lipinski definition) is 1. The van der Waals surface area contributed by atoms with Gasteiger partial charge in [-0.3, -0.25) is 4.79 Å². The number of methoxy groups -OCH3 is 1. The summed E-state index contributed by atoms with van der Waals surface area (Å²) >= 11 is 0. The number of rotatable bonds is 3. The zero-order chi connectivity index (χ0) is 14.2. The highest BCUT2D eigenvalue weighted by atomic mass is 16.5. The zero-order valence-electron chi connectivity index (χ0n) is 12.7. The van der Waals surface area contributed by atoms with Crippen LogP contribution in [0.2, 0.25) is 0 Å². The van der Waals surface area contributed by atoms with Gasteiger partial charge in [0.15, 0.2) is 0 Å². The van der Waals surface area contributed by atoms with Crippen LogP contribution in [0.1, 0.15) is 60.3 Å². The molecule has 0 aromatic rings. The Kier molecular flexibility index (Phi) is 4.16. The van der Waals surface area contributed by atoms with Gasteiger partial charge in [-0.1, -0.05) is 34.6 Å². The largest absolute Gasteiger partial charge is 0.469 e. The Balaban J connectivity index is 3.06. The fourth-order valence-corrected chi connectivity index (χ4v) is 4.30. The van der Waals surface area contributed by atoms with Gasteiger partial charge in [0, 0.05) is 0 Å². The summed E-state index contributed by atoms with van der Waals surface area (Å²) < 4.78 is 4.86. The van der Waals surface area contributed by atoms with E-state index in [9.17, 15) is 9.90 Å². The average molecular weight is 256 g/mol. The molecular formula is C15H28O3. The molecule has 0 heterocycles. The lowest BCUT2D eigenvalue weighted by Gasteiger charge is -2.51. The molecule has 1 aliphatic carbocycles. The second-order valence-electron chi connectivity index (χ2n) is 7.45. The number of carbonyl (C=O) groups excluding carboxylic acids is 1. The van der Waals surface area contributed by atoms with E-state index in [0.717, 1.165) is 6.42 Å². The highest BCUT2D eigenvalue weighted by molar-refractivity contribution is 5.73. The van der Waals surface area contributed by atoms with Crippen molar-refractivity contribution in [3.05, 3.63) is 0 Å². The molecule has 0 aromatic heterocycles. The molecule has 1 unspecified atom stereocenters. The van der Waals surface area contributed by atoms with Crippen LogP contribution >= 0.6 is 0 Å². The Bertz CT molecular complexity index is 302. The lowest BCUT2D eigenvalue weighted by Crippen LogP contribution is -2.52. The molecule has 3 nitrogen and oxygen atoms in total. The average Bonchev–Trinajstić information content (AvgIpc) is 2.11. The van der Waals surface area contributed by atoms with E-state index in [0.29, 0.717) is 19.3 Å². The Hall–Kier alpha value is -0.570. The van der Waals surface area contributed by atoms with Crippen molar-refractivity contribution in [1.29, 1.82) is 0 Å². The van der Waals surface area contributed by atoms with Crippen molar-refractivity contribution in [3.8, 4) is 0 Å². The molecule has 1 saturated carbocycles. The third-order valence-electron chi connectivity index (χ3n) is 4.07. The summed E-state index contributed by atoms with van der Waals surface area (Å²) in [6.45, 7) is 10.6. The SMILES string of the molecule is CCC(C(=O)OC)C1(O)CC(C)(C)CC(C)(C)C1. The minimum atomic E-state index is -0.937. The Morgan fingerprint density at radius 2 is 1.61 bits per heavy atom. The smallest absolute Gasteiger partial charge is 0.311 e. The van der Waals surface area contributed by atoms with Gasteiger partial charge in [-0.05, 0) is 36.5 Å². The van der Waals surface area contributed by atoms with Gasteiger partial charge in [-0.25, -0.2) is 0 Å². The maximum absolute atomic E-state index is 11.9. The standard InChI is InChI=1S/C15H28O3/c1-7-11(12(16)18-6)15(17)9-13(2,3)8-14(4,5)10-15/h11,17H,7-10H2,1-6H3. The van der Waals surface area contributed by atoms with Crippen LogP contribution in [0.25, 0.3) is 0 Å². The lowest BCUT2D eigenvalue weighted by atomic mass is 9.56. The zero-order valence-corrected chi connectivity index (χ0v) is 12.7. The molecule has 0 amide bonds. The quantitative estimate of drug-likeness (QED) is 0.789. The van der Waals surface area contributed by atoms with Crippen molar-refractivity contribution < 1.29 is 14.6 Å². The third-order valence-corrected chi connectivity index (χ3v) is 4.07. The molecule has 106 valence electrons. The predicted octanol–water partition coefficient (Wildman–Crippen LogP) is 3.15. The van der Waals surface area contributed by atoms with Crippen LogP contribution in [0.5, 0.6) is 0 Å². The summed E-state index contributed by atoms with van der Waals surface area (Å²) in [7, 11) is 1.40. The highest BCUT2D eigenvalue weighted by Gasteiger charge is 2.52. The second kappa shape index (κ2) is 4.84. The molecular weight excluding hydrogens is 228 g/mol. The topological polar surface area (TPSA) is 46.5 Å². The van der Waals surface area contributed by atoms with Crippen molar-refractivity contribution >= 4 is 5.97 Å². The summed E-state index contributed by atoms with van der Waals surface area (Å²) in [6.07, 6.45) is 3.02. The van der Waals surface area contributed by atoms with E-state index < -0.39 is 11.5 Å². The molecule has 1 atom stereocenters. The molecule has 3 heteroatoms. The fourth-order valence-electron chi connectivity index (χ4n) is 4.30. The number of carbonyl (C=O) groups is 1. The van der Waals surface area contributed by atoms with E-state index in [-0.39, 0.29) is 16.8 Å². The first-order valence-electron chi connectivity index (χ1n) is 6.85. The van der Waals surface area contributed by atoms with E-state index in [1.807, 2.05) is 6.92 Å². The second-order valence-corrected chi connectivity index (χ2v) is 7.45. The van der Waals surface area contributed by atoms with Gasteiger partial charge in [0.05, 0.1) is 18.6 Å². The number of hydrogen-bond acceptors (Lipinski definition) is 3. The van der Waals surface area contributed by atoms with Crippen LogP contribution in [-0.4, -0.2) is 23.8 Å².